The van der Waals surface area contributed by atoms with Crippen molar-refractivity contribution in [3.8, 4) is 0 Å². The fourth-order valence-electron chi connectivity index (χ4n) is 0.543. The van der Waals surface area contributed by atoms with Crippen LogP contribution >= 0.6 is 13.6 Å². The van der Waals surface area contributed by atoms with Gasteiger partial charge in [0.2, 0.25) is 6.43 Å². The Balaban J connectivity index is 0.000000461. The molecule has 4 heteroatoms. The molecule has 0 saturated heterocycles. The van der Waals surface area contributed by atoms with E-state index >= 15 is 0 Å². The van der Waals surface area contributed by atoms with E-state index in [1.165, 1.54) is 28.5 Å². The molecule has 0 fully saturated rings. The van der Waals surface area contributed by atoms with Crippen molar-refractivity contribution in [1.82, 2.24) is 0 Å². The molecule has 0 aliphatic heterocycles. The van der Waals surface area contributed by atoms with Gasteiger partial charge in [0.25, 0.3) is 0 Å². The van der Waals surface area contributed by atoms with Crippen molar-refractivity contribution in [1.29, 1.82) is 0 Å². The maximum atomic E-state index is 11.7. The van der Waals surface area contributed by atoms with Gasteiger partial charge in [0.1, 0.15) is 0 Å². The number of alkyl halides is 2. The molecule has 0 saturated carbocycles. The number of hydrogen-bond donors (Lipinski definition) is 0. The van der Waals surface area contributed by atoms with E-state index in [1.54, 1.807) is 12.1 Å². The van der Waals surface area contributed by atoms with Crippen LogP contribution in [0.15, 0.2) is 24.3 Å². The van der Waals surface area contributed by atoms with E-state index in [0.29, 0.717) is 0 Å². The van der Waals surface area contributed by atoms with E-state index < -0.39 is 6.43 Å². The van der Waals surface area contributed by atoms with Gasteiger partial charge in [0.05, 0.1) is 0 Å². The second kappa shape index (κ2) is 6.87. The first-order valence-corrected chi connectivity index (χ1v) is 9.77. The first kappa shape index (κ1) is 11.2. The van der Waals surface area contributed by atoms with Gasteiger partial charge in [-0.3, -0.25) is 0 Å². The molecule has 0 heterocycles. The third-order valence-electron chi connectivity index (χ3n) is 0.968. The van der Waals surface area contributed by atoms with Crippen molar-refractivity contribution in [2.45, 2.75) is 6.43 Å². The number of halogens is 3. The predicted octanol–water partition coefficient (Wildman–Crippen LogP) is 3.27. The zero-order valence-corrected chi connectivity index (χ0v) is 10.3. The van der Waals surface area contributed by atoms with Crippen molar-refractivity contribution in [2.24, 2.45) is 0 Å². The van der Waals surface area contributed by atoms with Gasteiger partial charge in [-0.25, -0.2) is 8.78 Å². The third kappa shape index (κ3) is 4.59. The average Bonchev–Trinajstić information content (AvgIpc) is 2.10. The van der Waals surface area contributed by atoms with Crippen molar-refractivity contribution in [2.75, 3.05) is 0 Å². The van der Waals surface area contributed by atoms with Crippen LogP contribution in [0.1, 0.15) is 12.0 Å². The van der Waals surface area contributed by atoms with Crippen molar-refractivity contribution >= 4 is 13.6 Å². The molecule has 0 amide bonds. The van der Waals surface area contributed by atoms with Crippen LogP contribution in [0, 0.1) is 6.07 Å². The summed E-state index contributed by atoms with van der Waals surface area (Å²) in [6.07, 6.45) is -2.40. The SMILES string of the molecule is FC(F)c1[c-]cccc1.[Zn+][Br]. The molecular weight excluding hydrogens is 267 g/mol. The molecule has 0 nitrogen and oxygen atoms in total. The summed E-state index contributed by atoms with van der Waals surface area (Å²) in [6.45, 7) is 0. The summed E-state index contributed by atoms with van der Waals surface area (Å²) in [5, 5.41) is 0. The molecular formula is C7H5BrF2Zn. The molecule has 0 radical (unpaired) electrons. The molecule has 0 atom stereocenters. The first-order valence-electron chi connectivity index (χ1n) is 2.82. The summed E-state index contributed by atoms with van der Waals surface area (Å²) < 4.78 is 23.5. The molecule has 0 spiro atoms. The Morgan fingerprint density at radius 3 is 2.27 bits per heavy atom. The molecule has 0 aliphatic rings. The van der Waals surface area contributed by atoms with Gasteiger partial charge in [0.15, 0.2) is 0 Å². The summed E-state index contributed by atoms with van der Waals surface area (Å²) in [5.74, 6) is 0. The fraction of sp³-hybridized carbons (Fsp3) is 0.143. The summed E-state index contributed by atoms with van der Waals surface area (Å²) in [4.78, 5) is 0. The Morgan fingerprint density at radius 2 is 2.00 bits per heavy atom. The zero-order chi connectivity index (χ0) is 8.69. The maximum absolute atomic E-state index is 11.7. The molecule has 0 bridgehead atoms. The molecule has 56 valence electrons. The second-order valence-electron chi connectivity index (χ2n) is 1.62. The number of rotatable bonds is 1. The van der Waals surface area contributed by atoms with E-state index in [1.807, 2.05) is 0 Å². The molecule has 1 aromatic rings. The molecule has 0 unspecified atom stereocenters. The van der Waals surface area contributed by atoms with Crippen molar-refractivity contribution < 1.29 is 25.1 Å². The van der Waals surface area contributed by atoms with Gasteiger partial charge in [-0.2, -0.15) is 30.3 Å². The molecule has 1 aromatic carbocycles. The monoisotopic (exact) mass is 270 g/mol. The summed E-state index contributed by atoms with van der Waals surface area (Å²) in [6, 6.07) is 8.47. The Hall–Kier alpha value is 0.183. The number of benzene rings is 1. The molecule has 11 heavy (non-hydrogen) atoms. The van der Waals surface area contributed by atoms with E-state index in [2.05, 4.69) is 19.7 Å². The topological polar surface area (TPSA) is 0 Å². The van der Waals surface area contributed by atoms with Crippen LogP contribution in [0.25, 0.3) is 0 Å². The van der Waals surface area contributed by atoms with Crippen LogP contribution in [-0.4, -0.2) is 0 Å². The number of hydrogen-bond acceptors (Lipinski definition) is 0. The molecule has 0 aromatic heterocycles. The van der Waals surface area contributed by atoms with Crippen molar-refractivity contribution in [3.63, 3.8) is 0 Å². The first-order chi connectivity index (χ1) is 5.30. The second-order valence-corrected chi connectivity index (χ2v) is 1.62. The Kier molecular flexibility index (Phi) is 6.98. The van der Waals surface area contributed by atoms with Gasteiger partial charge < -0.3 is 0 Å². The van der Waals surface area contributed by atoms with Gasteiger partial charge >= 0.3 is 30.0 Å². The van der Waals surface area contributed by atoms with Crippen LogP contribution in [0.3, 0.4) is 0 Å². The Bertz CT molecular complexity index is 179. The van der Waals surface area contributed by atoms with E-state index in [-0.39, 0.29) is 5.56 Å². The van der Waals surface area contributed by atoms with E-state index in [0.717, 1.165) is 0 Å². The van der Waals surface area contributed by atoms with E-state index in [9.17, 15) is 8.78 Å². The van der Waals surface area contributed by atoms with E-state index in [4.69, 9.17) is 0 Å². The zero-order valence-electron chi connectivity index (χ0n) is 5.73. The third-order valence-corrected chi connectivity index (χ3v) is 0.968. The van der Waals surface area contributed by atoms with Gasteiger partial charge in [0, 0.05) is 0 Å². The molecule has 0 N–H and O–H groups in total. The van der Waals surface area contributed by atoms with Crippen LogP contribution in [0.2, 0.25) is 0 Å². The predicted molar refractivity (Wildman–Crippen MR) is 39.2 cm³/mol. The molecule has 1 rings (SSSR count). The summed E-state index contributed by atoms with van der Waals surface area (Å²) in [5.41, 5.74) is -0.0440. The fourth-order valence-corrected chi connectivity index (χ4v) is 0.543. The van der Waals surface area contributed by atoms with Crippen LogP contribution < -0.4 is 0 Å². The van der Waals surface area contributed by atoms with Crippen molar-refractivity contribution in [3.05, 3.63) is 35.9 Å². The van der Waals surface area contributed by atoms with Gasteiger partial charge in [-0.15, -0.1) is 0 Å². The summed E-state index contributed by atoms with van der Waals surface area (Å²) >= 11 is 4.25. The Morgan fingerprint density at radius 1 is 1.36 bits per heavy atom. The van der Waals surface area contributed by atoms with Crippen LogP contribution in [-0.2, 0) is 16.3 Å². The van der Waals surface area contributed by atoms with Gasteiger partial charge in [-0.05, 0) is 0 Å². The quantitative estimate of drug-likeness (QED) is 0.544. The van der Waals surface area contributed by atoms with Crippen LogP contribution in [0.4, 0.5) is 8.78 Å². The Labute approximate surface area is 81.0 Å². The van der Waals surface area contributed by atoms with Gasteiger partial charge in [-0.1, -0.05) is 5.56 Å². The average molecular weight is 272 g/mol. The normalized spacial score (nSPS) is 8.91. The minimum absolute atomic E-state index is 0.0440. The van der Waals surface area contributed by atoms with Crippen LogP contribution in [0.5, 0.6) is 0 Å². The minimum atomic E-state index is -2.40. The summed E-state index contributed by atoms with van der Waals surface area (Å²) in [7, 11) is 0. The molecule has 0 aliphatic carbocycles. The standard InChI is InChI=1S/C7H5F2.BrH.Zn/c8-7(9)6-4-2-1-3-5-6;;/h1-4,7H;1H;/q-1;;+2/p-1.